The third-order valence-corrected chi connectivity index (χ3v) is 10.1. The Morgan fingerprint density at radius 2 is 1.90 bits per heavy atom. The van der Waals surface area contributed by atoms with E-state index in [0.717, 1.165) is 52.2 Å². The van der Waals surface area contributed by atoms with E-state index in [1.165, 1.54) is 0 Å². The van der Waals surface area contributed by atoms with Gasteiger partial charge in [-0.2, -0.15) is 0 Å². The van der Waals surface area contributed by atoms with Gasteiger partial charge in [-0.3, -0.25) is 9.59 Å². The van der Waals surface area contributed by atoms with Crippen LogP contribution in [-0.4, -0.2) is 42.5 Å². The predicted molar refractivity (Wildman–Crippen MR) is 167 cm³/mol. The van der Waals surface area contributed by atoms with E-state index in [0.29, 0.717) is 22.9 Å². The summed E-state index contributed by atoms with van der Waals surface area (Å²) in [6.45, 7) is 5.20. The predicted octanol–water partition coefficient (Wildman–Crippen LogP) is 6.57. The van der Waals surface area contributed by atoms with Crippen molar-refractivity contribution in [3.8, 4) is 5.75 Å². The number of carbonyl (C=O) groups excluding carboxylic acids is 2. The maximum absolute atomic E-state index is 14.4. The smallest absolute Gasteiger partial charge is 0.237 e. The second-order valence-electron chi connectivity index (χ2n) is 11.1. The Kier molecular flexibility index (Phi) is 7.94. The second kappa shape index (κ2) is 11.3. The van der Waals surface area contributed by atoms with Gasteiger partial charge in [0.2, 0.25) is 11.8 Å². The van der Waals surface area contributed by atoms with E-state index in [1.54, 1.807) is 6.07 Å². The number of likely N-dealkylation sites (tertiary alicyclic amines) is 1. The minimum atomic E-state index is -1.08. The molecule has 0 radical (unpaired) electrons. The summed E-state index contributed by atoms with van der Waals surface area (Å²) in [5.74, 6) is 0.0683. The van der Waals surface area contributed by atoms with Gasteiger partial charge in [-0.15, -0.1) is 0 Å². The molecule has 2 amide bonds. The summed E-state index contributed by atoms with van der Waals surface area (Å²) in [6.07, 6.45) is 8.62. The van der Waals surface area contributed by atoms with Crippen LogP contribution in [0.3, 0.4) is 0 Å². The van der Waals surface area contributed by atoms with Gasteiger partial charge >= 0.3 is 0 Å². The molecule has 6 nitrogen and oxygen atoms in total. The monoisotopic (exact) mass is 691 g/mol. The molecule has 6 rings (SSSR count). The maximum Gasteiger partial charge on any atom is 0.237 e. The number of hydrogen-bond acceptors (Lipinski definition) is 4. The van der Waals surface area contributed by atoms with Crippen LogP contribution in [0, 0.1) is 15.4 Å². The van der Waals surface area contributed by atoms with Crippen molar-refractivity contribution in [2.75, 3.05) is 25.0 Å². The lowest BCUT2D eigenvalue weighted by Crippen LogP contribution is -2.59. The number of rotatable bonds is 5. The molecule has 2 aromatic carbocycles. The van der Waals surface area contributed by atoms with Crippen LogP contribution in [0.4, 0.5) is 5.69 Å². The number of piperidine rings is 2. The number of allylic oxidation sites excluding steroid dienone is 4. The molecule has 4 aliphatic rings. The van der Waals surface area contributed by atoms with Crippen LogP contribution in [0.2, 0.25) is 5.02 Å². The van der Waals surface area contributed by atoms with Crippen LogP contribution in [0.25, 0.3) is 0 Å². The zero-order valence-electron chi connectivity index (χ0n) is 22.3. The largest absolute Gasteiger partial charge is 0.490 e. The highest BCUT2D eigenvalue weighted by atomic mass is 127. The van der Waals surface area contributed by atoms with Gasteiger partial charge in [-0.1, -0.05) is 48.3 Å². The van der Waals surface area contributed by atoms with Crippen LogP contribution >= 0.6 is 45.8 Å². The Balaban J connectivity index is 1.49. The zero-order valence-corrected chi connectivity index (χ0v) is 25.9. The third kappa shape index (κ3) is 4.97. The quantitative estimate of drug-likeness (QED) is 0.348. The summed E-state index contributed by atoms with van der Waals surface area (Å²) in [6, 6.07) is 11.0. The molecule has 40 heavy (non-hydrogen) atoms. The molecule has 4 atom stereocenters. The van der Waals surface area contributed by atoms with Crippen molar-refractivity contribution < 1.29 is 14.3 Å². The number of ether oxygens (including phenoxy) is 1. The molecule has 2 N–H and O–H groups in total. The summed E-state index contributed by atoms with van der Waals surface area (Å²) >= 11 is 15.2. The fraction of sp³-hybridized carbons (Fsp3) is 0.419. The minimum absolute atomic E-state index is 0.0707. The molecule has 2 fully saturated rings. The van der Waals surface area contributed by atoms with Gasteiger partial charge in [0, 0.05) is 44.4 Å². The van der Waals surface area contributed by atoms with E-state index in [9.17, 15) is 9.59 Å². The van der Waals surface area contributed by atoms with E-state index in [2.05, 4.69) is 57.2 Å². The lowest BCUT2D eigenvalue weighted by atomic mass is 9.57. The average Bonchev–Trinajstić information content (AvgIpc) is 3.22. The highest BCUT2D eigenvalue weighted by molar-refractivity contribution is 14.1. The molecule has 1 aliphatic carbocycles. The molecule has 0 aromatic heterocycles. The normalized spacial score (nSPS) is 28.7. The fourth-order valence-corrected chi connectivity index (χ4v) is 7.96. The molecule has 0 saturated carbocycles. The maximum atomic E-state index is 14.4. The number of hydrogen-bond donors (Lipinski definition) is 2. The van der Waals surface area contributed by atoms with Crippen molar-refractivity contribution in [3.63, 3.8) is 0 Å². The van der Waals surface area contributed by atoms with E-state index >= 15 is 0 Å². The van der Waals surface area contributed by atoms with Crippen LogP contribution in [0.15, 0.2) is 59.7 Å². The SMILES string of the molecule is CCN1CCC(Oc2ccc(I)cc2[C@@H]2NC(=O)C[C@@H](C3C=CC=C(Cl)C3)[C@]23C(=O)Nc2cc(Cl)ccc23)CC1. The van der Waals surface area contributed by atoms with Crippen molar-refractivity contribution in [1.82, 2.24) is 10.2 Å². The molecule has 3 aliphatic heterocycles. The number of carbonyl (C=O) groups is 2. The molecular weight excluding hydrogens is 660 g/mol. The van der Waals surface area contributed by atoms with Crippen molar-refractivity contribution in [1.29, 1.82) is 0 Å². The zero-order chi connectivity index (χ0) is 28.0. The van der Waals surface area contributed by atoms with Crippen molar-refractivity contribution in [3.05, 3.63) is 79.4 Å². The van der Waals surface area contributed by atoms with Gasteiger partial charge in [-0.25, -0.2) is 0 Å². The van der Waals surface area contributed by atoms with Crippen LogP contribution in [0.5, 0.6) is 5.75 Å². The lowest BCUT2D eigenvalue weighted by molar-refractivity contribution is -0.135. The Morgan fingerprint density at radius 1 is 1.10 bits per heavy atom. The summed E-state index contributed by atoms with van der Waals surface area (Å²) in [5, 5.41) is 7.65. The lowest BCUT2D eigenvalue weighted by Gasteiger charge is -2.49. The molecule has 2 aromatic rings. The molecule has 2 saturated heterocycles. The number of benzene rings is 2. The van der Waals surface area contributed by atoms with Gasteiger partial charge in [0.25, 0.3) is 0 Å². The second-order valence-corrected chi connectivity index (χ2v) is 13.3. The first kappa shape index (κ1) is 28.1. The van der Waals surface area contributed by atoms with Gasteiger partial charge in [0.1, 0.15) is 17.3 Å². The molecule has 3 heterocycles. The number of halogens is 3. The topological polar surface area (TPSA) is 70.7 Å². The first-order chi connectivity index (χ1) is 19.3. The summed E-state index contributed by atoms with van der Waals surface area (Å²) < 4.78 is 7.69. The average molecular weight is 692 g/mol. The Bertz CT molecular complexity index is 1400. The van der Waals surface area contributed by atoms with Crippen LogP contribution < -0.4 is 15.4 Å². The van der Waals surface area contributed by atoms with Crippen LogP contribution in [-0.2, 0) is 15.0 Å². The third-order valence-electron chi connectivity index (χ3n) is 8.94. The Hall–Kier alpha value is -2.07. The number of amides is 2. The van der Waals surface area contributed by atoms with Gasteiger partial charge < -0.3 is 20.3 Å². The molecule has 210 valence electrons. The Morgan fingerprint density at radius 3 is 2.65 bits per heavy atom. The number of fused-ring (bicyclic) bond motifs is 2. The highest BCUT2D eigenvalue weighted by Gasteiger charge is 2.62. The minimum Gasteiger partial charge on any atom is -0.490 e. The molecule has 1 spiro atoms. The summed E-state index contributed by atoms with van der Waals surface area (Å²) in [5.41, 5.74) is 1.27. The van der Waals surface area contributed by atoms with Crippen molar-refractivity contribution >= 4 is 63.3 Å². The fourth-order valence-electron chi connectivity index (χ4n) is 7.02. The van der Waals surface area contributed by atoms with Crippen molar-refractivity contribution in [2.45, 2.75) is 50.2 Å². The first-order valence-electron chi connectivity index (χ1n) is 13.9. The molecule has 0 bridgehead atoms. The summed E-state index contributed by atoms with van der Waals surface area (Å²) in [4.78, 5) is 30.3. The van der Waals surface area contributed by atoms with Crippen LogP contribution in [0.1, 0.15) is 49.8 Å². The molecule has 1 unspecified atom stereocenters. The van der Waals surface area contributed by atoms with E-state index in [-0.39, 0.29) is 36.2 Å². The van der Waals surface area contributed by atoms with E-state index in [1.807, 2.05) is 36.4 Å². The molecular formula is C31H32Cl2IN3O3. The van der Waals surface area contributed by atoms with Gasteiger partial charge in [-0.05, 0) is 102 Å². The first-order valence-corrected chi connectivity index (χ1v) is 15.7. The van der Waals surface area contributed by atoms with Gasteiger partial charge in [0.05, 0.1) is 6.04 Å². The van der Waals surface area contributed by atoms with Crippen molar-refractivity contribution in [2.24, 2.45) is 11.8 Å². The van der Waals surface area contributed by atoms with E-state index < -0.39 is 11.5 Å². The highest BCUT2D eigenvalue weighted by Crippen LogP contribution is 2.58. The number of nitrogens with zero attached hydrogens (tertiary/aromatic N) is 1. The molecule has 9 heteroatoms. The number of nitrogens with one attached hydrogen (secondary N) is 2. The Labute approximate surface area is 258 Å². The standard InChI is InChI=1S/C31H32Cl2IN3O3/c1-2-37-12-10-22(11-13-37)40-27-9-7-21(34)16-23(27)29-31(24-8-6-20(33)15-26(24)35-30(31)39)25(17-28(38)36-29)18-4-3-5-19(32)14-18/h3-9,15-16,18,22,25,29H,2,10-14,17H2,1H3,(H,35,39)(H,36,38)/t18?,25-,29-,31-/m0/s1. The summed E-state index contributed by atoms with van der Waals surface area (Å²) in [7, 11) is 0. The number of anilines is 1. The van der Waals surface area contributed by atoms with E-state index in [4.69, 9.17) is 27.9 Å². The van der Waals surface area contributed by atoms with Gasteiger partial charge in [0.15, 0.2) is 0 Å².